The van der Waals surface area contributed by atoms with Crippen LogP contribution in [-0.4, -0.2) is 18.3 Å². The van der Waals surface area contributed by atoms with E-state index in [4.69, 9.17) is 33.7 Å². The fourth-order valence-corrected chi connectivity index (χ4v) is 2.01. The lowest BCUT2D eigenvalue weighted by Gasteiger charge is -2.18. The lowest BCUT2D eigenvalue weighted by molar-refractivity contribution is -0.119. The highest BCUT2D eigenvalue weighted by Crippen LogP contribution is 2.32. The monoisotopic (exact) mass is 289 g/mol. The van der Waals surface area contributed by atoms with E-state index in [1.165, 1.54) is 12.1 Å². The van der Waals surface area contributed by atoms with Crippen molar-refractivity contribution >= 4 is 35.4 Å². The van der Waals surface area contributed by atoms with Crippen LogP contribution in [0.3, 0.4) is 0 Å². The van der Waals surface area contributed by atoms with E-state index in [0.29, 0.717) is 17.7 Å². The van der Waals surface area contributed by atoms with E-state index in [1.54, 1.807) is 0 Å². The van der Waals surface area contributed by atoms with Gasteiger partial charge in [-0.2, -0.15) is 0 Å². The summed E-state index contributed by atoms with van der Waals surface area (Å²) in [6, 6.07) is 2.93. The largest absolute Gasteiger partial charge is 0.488 e. The number of hydrogen-bond acceptors (Lipinski definition) is 3. The van der Waals surface area contributed by atoms with Crippen molar-refractivity contribution in [1.29, 1.82) is 0 Å². The van der Waals surface area contributed by atoms with Gasteiger partial charge < -0.3 is 10.5 Å². The van der Waals surface area contributed by atoms with E-state index in [9.17, 15) is 9.59 Å². The molecule has 1 atom stereocenters. The molecule has 0 radical (unpaired) electrons. The molecule has 0 aliphatic carbocycles. The van der Waals surface area contributed by atoms with Gasteiger partial charge >= 0.3 is 0 Å². The molecule has 1 amide bonds. The molecule has 0 fully saturated rings. The first-order valence-electron chi connectivity index (χ1n) is 5.37. The Labute approximate surface area is 115 Å². The van der Waals surface area contributed by atoms with Gasteiger partial charge in [0.15, 0.2) is 6.29 Å². The predicted molar refractivity (Wildman–Crippen MR) is 70.4 cm³/mol. The minimum absolute atomic E-state index is 0.0632. The van der Waals surface area contributed by atoms with Gasteiger partial charge in [0.05, 0.1) is 17.0 Å². The van der Waals surface area contributed by atoms with Gasteiger partial charge in [0.25, 0.3) is 0 Å². The van der Waals surface area contributed by atoms with Crippen molar-refractivity contribution in [2.45, 2.75) is 25.9 Å². The van der Waals surface area contributed by atoms with Gasteiger partial charge in [0, 0.05) is 5.02 Å². The molecular formula is C12H13Cl2NO3. The second kappa shape index (κ2) is 6.61. The summed E-state index contributed by atoms with van der Waals surface area (Å²) in [5, 5.41) is 0.574. The van der Waals surface area contributed by atoms with Crippen LogP contribution >= 0.6 is 23.2 Å². The summed E-state index contributed by atoms with van der Waals surface area (Å²) in [5.74, 6) is -0.247. The summed E-state index contributed by atoms with van der Waals surface area (Å²) in [7, 11) is 0. The molecule has 0 aliphatic rings. The first-order valence-corrected chi connectivity index (χ1v) is 6.12. The van der Waals surface area contributed by atoms with Crippen LogP contribution in [-0.2, 0) is 4.79 Å². The highest BCUT2D eigenvalue weighted by atomic mass is 35.5. The zero-order chi connectivity index (χ0) is 13.7. The molecule has 2 N–H and O–H groups in total. The minimum Gasteiger partial charge on any atom is -0.488 e. The van der Waals surface area contributed by atoms with Crippen molar-refractivity contribution < 1.29 is 14.3 Å². The number of rotatable bonds is 6. The summed E-state index contributed by atoms with van der Waals surface area (Å²) >= 11 is 11.7. The van der Waals surface area contributed by atoms with Crippen LogP contribution in [0.15, 0.2) is 12.1 Å². The van der Waals surface area contributed by atoms with Crippen LogP contribution in [0.2, 0.25) is 10.0 Å². The van der Waals surface area contributed by atoms with Gasteiger partial charge in [-0.15, -0.1) is 0 Å². The predicted octanol–water partition coefficient (Wildman–Crippen LogP) is 2.84. The molecule has 98 valence electrons. The summed E-state index contributed by atoms with van der Waals surface area (Å²) in [6.07, 6.45) is 0.817. The van der Waals surface area contributed by atoms with Gasteiger partial charge in [0.1, 0.15) is 11.9 Å². The van der Waals surface area contributed by atoms with Gasteiger partial charge in [0.2, 0.25) is 5.91 Å². The fourth-order valence-electron chi connectivity index (χ4n) is 1.45. The third-order valence-corrected chi connectivity index (χ3v) is 2.83. The lowest BCUT2D eigenvalue weighted by Crippen LogP contribution is -2.24. The van der Waals surface area contributed by atoms with E-state index in [2.05, 4.69) is 0 Å². The van der Waals surface area contributed by atoms with Crippen molar-refractivity contribution in [3.05, 3.63) is 27.7 Å². The maximum Gasteiger partial charge on any atom is 0.221 e. The Morgan fingerprint density at radius 2 is 2.17 bits per heavy atom. The van der Waals surface area contributed by atoms with E-state index in [-0.39, 0.29) is 22.8 Å². The number of ether oxygens (including phenoxy) is 1. The molecule has 1 unspecified atom stereocenters. The SMILES string of the molecule is CCC(CC(N)=O)Oc1c(Cl)cc(Cl)cc1C=O. The van der Waals surface area contributed by atoms with Crippen molar-refractivity contribution in [3.8, 4) is 5.75 Å². The molecule has 0 aliphatic heterocycles. The summed E-state index contributed by atoms with van der Waals surface area (Å²) < 4.78 is 5.56. The second-order valence-corrected chi connectivity index (χ2v) is 4.59. The van der Waals surface area contributed by atoms with Crippen LogP contribution in [0.5, 0.6) is 5.75 Å². The van der Waals surface area contributed by atoms with Crippen molar-refractivity contribution in [2.24, 2.45) is 5.73 Å². The van der Waals surface area contributed by atoms with Crippen molar-refractivity contribution in [3.63, 3.8) is 0 Å². The van der Waals surface area contributed by atoms with Crippen LogP contribution in [0.4, 0.5) is 0 Å². The Bertz CT molecular complexity index is 463. The quantitative estimate of drug-likeness (QED) is 0.819. The number of halogens is 2. The minimum atomic E-state index is -0.473. The molecule has 1 rings (SSSR count). The number of nitrogens with two attached hydrogens (primary N) is 1. The number of amides is 1. The molecule has 1 aromatic carbocycles. The normalized spacial score (nSPS) is 11.9. The highest BCUT2D eigenvalue weighted by molar-refractivity contribution is 6.36. The molecule has 4 nitrogen and oxygen atoms in total. The number of hydrogen-bond donors (Lipinski definition) is 1. The summed E-state index contributed by atoms with van der Waals surface area (Å²) in [6.45, 7) is 1.85. The van der Waals surface area contributed by atoms with E-state index in [1.807, 2.05) is 6.92 Å². The molecule has 18 heavy (non-hydrogen) atoms. The first-order chi connectivity index (χ1) is 8.47. The molecule has 0 spiro atoms. The van der Waals surface area contributed by atoms with Crippen LogP contribution in [0.25, 0.3) is 0 Å². The fraction of sp³-hybridized carbons (Fsp3) is 0.333. The third-order valence-electron chi connectivity index (χ3n) is 2.33. The summed E-state index contributed by atoms with van der Waals surface area (Å²) in [5.41, 5.74) is 5.36. The first kappa shape index (κ1) is 14.8. The van der Waals surface area contributed by atoms with E-state index in [0.717, 1.165) is 0 Å². The van der Waals surface area contributed by atoms with Gasteiger partial charge in [-0.25, -0.2) is 0 Å². The molecular weight excluding hydrogens is 277 g/mol. The maximum atomic E-state index is 10.9. The second-order valence-electron chi connectivity index (χ2n) is 3.74. The number of primary amides is 1. The van der Waals surface area contributed by atoms with Crippen LogP contribution in [0, 0.1) is 0 Å². The molecule has 0 saturated heterocycles. The zero-order valence-electron chi connectivity index (χ0n) is 9.78. The Morgan fingerprint density at radius 1 is 1.50 bits per heavy atom. The lowest BCUT2D eigenvalue weighted by atomic mass is 10.1. The number of aldehydes is 1. The zero-order valence-corrected chi connectivity index (χ0v) is 11.3. The molecule has 0 heterocycles. The topological polar surface area (TPSA) is 69.4 Å². The Morgan fingerprint density at radius 3 is 2.67 bits per heavy atom. The number of benzene rings is 1. The third kappa shape index (κ3) is 3.89. The van der Waals surface area contributed by atoms with Crippen molar-refractivity contribution in [1.82, 2.24) is 0 Å². The van der Waals surface area contributed by atoms with Crippen LogP contribution in [0.1, 0.15) is 30.1 Å². The molecule has 0 bridgehead atoms. The maximum absolute atomic E-state index is 10.9. The average molecular weight is 290 g/mol. The molecule has 6 heteroatoms. The van der Waals surface area contributed by atoms with E-state index < -0.39 is 12.0 Å². The van der Waals surface area contributed by atoms with Gasteiger partial charge in [-0.05, 0) is 18.6 Å². The Kier molecular flexibility index (Phi) is 5.44. The average Bonchev–Trinajstić information content (AvgIpc) is 2.30. The smallest absolute Gasteiger partial charge is 0.221 e. The summed E-state index contributed by atoms with van der Waals surface area (Å²) in [4.78, 5) is 21.8. The Hall–Kier alpha value is -1.26. The molecule has 0 aromatic heterocycles. The molecule has 1 aromatic rings. The van der Waals surface area contributed by atoms with Gasteiger partial charge in [-0.3, -0.25) is 9.59 Å². The van der Waals surface area contributed by atoms with Gasteiger partial charge in [-0.1, -0.05) is 30.1 Å². The number of carbonyl (C=O) groups excluding carboxylic acids is 2. The van der Waals surface area contributed by atoms with E-state index >= 15 is 0 Å². The van der Waals surface area contributed by atoms with Crippen molar-refractivity contribution in [2.75, 3.05) is 0 Å². The molecule has 0 saturated carbocycles. The Balaban J connectivity index is 3.01. The standard InChI is InChI=1S/C12H13Cl2NO3/c1-2-9(5-11(15)17)18-12-7(6-16)3-8(13)4-10(12)14/h3-4,6,9H,2,5H2,1H3,(H2,15,17). The number of carbonyl (C=O) groups is 2. The van der Waals surface area contributed by atoms with Crippen LogP contribution < -0.4 is 10.5 Å². The highest BCUT2D eigenvalue weighted by Gasteiger charge is 2.17.